The van der Waals surface area contributed by atoms with Gasteiger partial charge in [0, 0.05) is 19.3 Å². The van der Waals surface area contributed by atoms with Crippen molar-refractivity contribution in [3.8, 4) is 0 Å². The SMILES string of the molecule is CC/C=C\C/C=C\C/C=C\CCCCCCCCCC(=O)OCC(COC(=O)CCCCCCCCCCC/C=C\CCCCCCCC)OC(=O)CCCCCCCCC/C=C\C/C=C\CCCCCC. The van der Waals surface area contributed by atoms with Crippen LogP contribution in [0.4, 0.5) is 0 Å². The third-order valence-electron chi connectivity index (χ3n) is 13.4. The van der Waals surface area contributed by atoms with Crippen molar-refractivity contribution in [3.63, 3.8) is 0 Å². The van der Waals surface area contributed by atoms with Crippen molar-refractivity contribution in [2.75, 3.05) is 13.2 Å². The molecule has 1 unspecified atom stereocenters. The maximum Gasteiger partial charge on any atom is 0.306 e. The fourth-order valence-corrected chi connectivity index (χ4v) is 8.78. The molecule has 0 aliphatic heterocycles. The van der Waals surface area contributed by atoms with Crippen molar-refractivity contribution < 1.29 is 28.6 Å². The second-order valence-corrected chi connectivity index (χ2v) is 20.6. The monoisotopic (exact) mass is 1000 g/mol. The number of ether oxygens (including phenoxy) is 3. The Hall–Kier alpha value is -3.15. The van der Waals surface area contributed by atoms with Crippen LogP contribution in [0.2, 0.25) is 0 Å². The average Bonchev–Trinajstić information content (AvgIpc) is 3.38. The standard InChI is InChI=1S/C66H116O6/c1-4-7-10-13-16-19-22-25-28-31-33-36-38-41-44-47-50-53-56-59-65(68)71-62-63(61-70-64(67)58-55-52-49-46-43-40-37-34-30-27-24-21-18-15-12-9-6-3)72-66(69)60-57-54-51-48-45-42-39-35-32-29-26-23-20-17-14-11-8-5-2/h9,12,18,20-21,23,25,27-30,32,63H,4-8,10-11,13-17,19,22,24,26,31,33-62H2,1-3H3/b12-9-,21-18-,23-20-,28-25-,30-27-,32-29-. The van der Waals surface area contributed by atoms with Crippen molar-refractivity contribution in [2.24, 2.45) is 0 Å². The Labute approximate surface area is 446 Å². The second kappa shape index (κ2) is 60.4. The van der Waals surface area contributed by atoms with E-state index in [-0.39, 0.29) is 31.1 Å². The molecule has 0 saturated carbocycles. The van der Waals surface area contributed by atoms with E-state index in [4.69, 9.17) is 14.2 Å². The minimum atomic E-state index is -0.786. The number of carbonyl (C=O) groups is 3. The summed E-state index contributed by atoms with van der Waals surface area (Å²) in [6.07, 6.45) is 77.5. The number of carbonyl (C=O) groups excluding carboxylic acids is 3. The molecule has 0 radical (unpaired) electrons. The van der Waals surface area contributed by atoms with Crippen LogP contribution in [0.25, 0.3) is 0 Å². The van der Waals surface area contributed by atoms with Gasteiger partial charge in [0.1, 0.15) is 13.2 Å². The zero-order valence-electron chi connectivity index (χ0n) is 47.7. The molecule has 72 heavy (non-hydrogen) atoms. The van der Waals surface area contributed by atoms with Crippen LogP contribution in [0.15, 0.2) is 72.9 Å². The Morgan fingerprint density at radius 2 is 0.542 bits per heavy atom. The van der Waals surface area contributed by atoms with Crippen LogP contribution in [0, 0.1) is 0 Å². The molecule has 0 fully saturated rings. The van der Waals surface area contributed by atoms with Crippen molar-refractivity contribution in [1.82, 2.24) is 0 Å². The van der Waals surface area contributed by atoms with Crippen LogP contribution in [0.5, 0.6) is 0 Å². The number of unbranched alkanes of at least 4 members (excludes halogenated alkanes) is 33. The highest BCUT2D eigenvalue weighted by Crippen LogP contribution is 2.16. The molecule has 0 aliphatic carbocycles. The highest BCUT2D eigenvalue weighted by Gasteiger charge is 2.19. The molecule has 0 spiro atoms. The number of allylic oxidation sites excluding steroid dienone is 12. The van der Waals surface area contributed by atoms with Gasteiger partial charge in [0.25, 0.3) is 0 Å². The number of rotatable bonds is 56. The summed E-state index contributed by atoms with van der Waals surface area (Å²) < 4.78 is 16.9. The first kappa shape index (κ1) is 68.8. The Bertz CT molecular complexity index is 1340. The smallest absolute Gasteiger partial charge is 0.306 e. The Morgan fingerprint density at radius 1 is 0.292 bits per heavy atom. The molecule has 0 saturated heterocycles. The average molecular weight is 1010 g/mol. The van der Waals surface area contributed by atoms with Gasteiger partial charge in [0.05, 0.1) is 0 Å². The molecule has 0 N–H and O–H groups in total. The summed E-state index contributed by atoms with van der Waals surface area (Å²) in [5.41, 5.74) is 0. The van der Waals surface area contributed by atoms with E-state index in [0.29, 0.717) is 19.3 Å². The molecule has 6 nitrogen and oxygen atoms in total. The highest BCUT2D eigenvalue weighted by atomic mass is 16.6. The molecule has 0 amide bonds. The van der Waals surface area contributed by atoms with Crippen molar-refractivity contribution in [2.45, 2.75) is 316 Å². The topological polar surface area (TPSA) is 78.9 Å². The summed E-state index contributed by atoms with van der Waals surface area (Å²) in [7, 11) is 0. The normalized spacial score (nSPS) is 12.5. The van der Waals surface area contributed by atoms with E-state index in [2.05, 4.69) is 93.7 Å². The van der Waals surface area contributed by atoms with E-state index in [9.17, 15) is 14.4 Å². The number of hydrogen-bond donors (Lipinski definition) is 0. The van der Waals surface area contributed by atoms with Gasteiger partial charge in [-0.15, -0.1) is 0 Å². The minimum Gasteiger partial charge on any atom is -0.462 e. The van der Waals surface area contributed by atoms with Gasteiger partial charge >= 0.3 is 17.9 Å². The molecule has 0 bridgehead atoms. The predicted molar refractivity (Wildman–Crippen MR) is 311 cm³/mol. The van der Waals surface area contributed by atoms with E-state index < -0.39 is 6.10 Å². The van der Waals surface area contributed by atoms with Gasteiger partial charge in [0.2, 0.25) is 0 Å². The fourth-order valence-electron chi connectivity index (χ4n) is 8.78. The van der Waals surface area contributed by atoms with E-state index in [1.54, 1.807) is 0 Å². The van der Waals surface area contributed by atoms with Gasteiger partial charge in [-0.3, -0.25) is 14.4 Å². The van der Waals surface area contributed by atoms with Gasteiger partial charge in [0.15, 0.2) is 6.10 Å². The Morgan fingerprint density at radius 3 is 0.875 bits per heavy atom. The molecule has 0 heterocycles. The molecule has 0 aliphatic rings. The lowest BCUT2D eigenvalue weighted by Crippen LogP contribution is -2.30. The van der Waals surface area contributed by atoms with E-state index in [1.807, 2.05) is 0 Å². The maximum absolute atomic E-state index is 12.9. The third kappa shape index (κ3) is 57.7. The molecular weight excluding hydrogens is 889 g/mol. The minimum absolute atomic E-state index is 0.0818. The zero-order valence-corrected chi connectivity index (χ0v) is 47.7. The highest BCUT2D eigenvalue weighted by molar-refractivity contribution is 5.71. The van der Waals surface area contributed by atoms with Gasteiger partial charge in [-0.05, 0) is 109 Å². The van der Waals surface area contributed by atoms with Crippen LogP contribution in [0.1, 0.15) is 310 Å². The maximum atomic E-state index is 12.9. The largest absolute Gasteiger partial charge is 0.462 e. The van der Waals surface area contributed by atoms with Crippen LogP contribution >= 0.6 is 0 Å². The summed E-state index contributed by atoms with van der Waals surface area (Å²) >= 11 is 0. The van der Waals surface area contributed by atoms with Crippen molar-refractivity contribution in [1.29, 1.82) is 0 Å². The van der Waals surface area contributed by atoms with Crippen molar-refractivity contribution >= 4 is 17.9 Å². The Kier molecular flexibility index (Phi) is 57.8. The lowest BCUT2D eigenvalue weighted by molar-refractivity contribution is -0.167. The number of esters is 3. The first-order valence-corrected chi connectivity index (χ1v) is 30.9. The molecular formula is C66H116O6. The van der Waals surface area contributed by atoms with Gasteiger partial charge in [-0.2, -0.15) is 0 Å². The summed E-state index contributed by atoms with van der Waals surface area (Å²) in [5, 5.41) is 0. The van der Waals surface area contributed by atoms with E-state index in [1.165, 1.54) is 173 Å². The molecule has 0 aromatic heterocycles. The summed E-state index contributed by atoms with van der Waals surface area (Å²) in [4.78, 5) is 38.3. The summed E-state index contributed by atoms with van der Waals surface area (Å²) in [6.45, 7) is 6.53. The first-order valence-electron chi connectivity index (χ1n) is 30.9. The van der Waals surface area contributed by atoms with Crippen LogP contribution < -0.4 is 0 Å². The molecule has 0 aromatic rings. The van der Waals surface area contributed by atoms with Gasteiger partial charge in [-0.1, -0.05) is 254 Å². The molecule has 0 aromatic carbocycles. The van der Waals surface area contributed by atoms with Crippen LogP contribution in [-0.2, 0) is 28.6 Å². The van der Waals surface area contributed by atoms with Crippen LogP contribution in [0.3, 0.4) is 0 Å². The second-order valence-electron chi connectivity index (χ2n) is 20.6. The van der Waals surface area contributed by atoms with Gasteiger partial charge < -0.3 is 14.2 Å². The fraction of sp³-hybridized carbons (Fsp3) is 0.773. The van der Waals surface area contributed by atoms with E-state index in [0.717, 1.165) is 96.3 Å². The van der Waals surface area contributed by atoms with Crippen molar-refractivity contribution in [3.05, 3.63) is 72.9 Å². The van der Waals surface area contributed by atoms with E-state index >= 15 is 0 Å². The lowest BCUT2D eigenvalue weighted by atomic mass is 10.1. The predicted octanol–water partition coefficient (Wildman–Crippen LogP) is 20.9. The number of hydrogen-bond acceptors (Lipinski definition) is 6. The quantitative estimate of drug-likeness (QED) is 0.0261. The molecule has 1 atom stereocenters. The summed E-state index contributed by atoms with van der Waals surface area (Å²) in [6, 6.07) is 0. The first-order chi connectivity index (χ1) is 35.5. The zero-order chi connectivity index (χ0) is 52.2. The summed E-state index contributed by atoms with van der Waals surface area (Å²) in [5.74, 6) is -0.889. The molecule has 0 rings (SSSR count). The third-order valence-corrected chi connectivity index (χ3v) is 13.4. The lowest BCUT2D eigenvalue weighted by Gasteiger charge is -2.18. The Balaban J connectivity index is 4.39. The van der Waals surface area contributed by atoms with Gasteiger partial charge in [-0.25, -0.2) is 0 Å². The molecule has 6 heteroatoms. The molecule has 416 valence electrons. The van der Waals surface area contributed by atoms with Crippen LogP contribution in [-0.4, -0.2) is 37.2 Å².